The van der Waals surface area contributed by atoms with Crippen LogP contribution in [0.3, 0.4) is 0 Å². The maximum absolute atomic E-state index is 12.2. The molecule has 2 N–H and O–H groups in total. The SMILES string of the molecule is CC(C)c1c(CN)nnn1CC(F)F. The van der Waals surface area contributed by atoms with Gasteiger partial charge in [-0.15, -0.1) is 5.10 Å². The molecular formula is C8H14F2N4. The Bertz CT molecular complexity index is 296. The van der Waals surface area contributed by atoms with Crippen molar-refractivity contribution in [1.29, 1.82) is 0 Å². The van der Waals surface area contributed by atoms with Gasteiger partial charge in [0.05, 0.1) is 11.4 Å². The molecule has 0 aliphatic carbocycles. The van der Waals surface area contributed by atoms with Crippen molar-refractivity contribution in [2.24, 2.45) is 5.73 Å². The van der Waals surface area contributed by atoms with Gasteiger partial charge in [-0.2, -0.15) is 0 Å². The van der Waals surface area contributed by atoms with Crippen LogP contribution in [0, 0.1) is 0 Å². The van der Waals surface area contributed by atoms with Crippen molar-refractivity contribution in [1.82, 2.24) is 15.0 Å². The molecule has 1 heterocycles. The molecule has 1 rings (SSSR count). The fraction of sp³-hybridized carbons (Fsp3) is 0.750. The molecule has 0 bridgehead atoms. The highest BCUT2D eigenvalue weighted by Gasteiger charge is 2.17. The zero-order valence-electron chi connectivity index (χ0n) is 8.24. The van der Waals surface area contributed by atoms with Gasteiger partial charge >= 0.3 is 0 Å². The molecule has 0 fully saturated rings. The van der Waals surface area contributed by atoms with Gasteiger partial charge in [-0.05, 0) is 5.92 Å². The van der Waals surface area contributed by atoms with Gasteiger partial charge in [-0.25, -0.2) is 13.5 Å². The Morgan fingerprint density at radius 1 is 1.43 bits per heavy atom. The van der Waals surface area contributed by atoms with Crippen LogP contribution in [-0.2, 0) is 13.1 Å². The van der Waals surface area contributed by atoms with Crippen LogP contribution in [-0.4, -0.2) is 21.4 Å². The lowest BCUT2D eigenvalue weighted by atomic mass is 10.1. The van der Waals surface area contributed by atoms with Gasteiger partial charge in [0, 0.05) is 6.54 Å². The molecule has 14 heavy (non-hydrogen) atoms. The van der Waals surface area contributed by atoms with E-state index >= 15 is 0 Å². The molecule has 0 saturated heterocycles. The third-order valence-electron chi connectivity index (χ3n) is 1.90. The molecule has 0 aromatic carbocycles. The van der Waals surface area contributed by atoms with Crippen molar-refractivity contribution in [2.45, 2.75) is 39.3 Å². The summed E-state index contributed by atoms with van der Waals surface area (Å²) in [6, 6.07) is 0. The molecule has 1 aromatic heterocycles. The van der Waals surface area contributed by atoms with Gasteiger partial charge in [0.15, 0.2) is 0 Å². The molecule has 0 aliphatic heterocycles. The number of hydrogen-bond acceptors (Lipinski definition) is 3. The Morgan fingerprint density at radius 2 is 2.07 bits per heavy atom. The summed E-state index contributed by atoms with van der Waals surface area (Å²) in [7, 11) is 0. The van der Waals surface area contributed by atoms with E-state index in [1.807, 2.05) is 13.8 Å². The zero-order valence-corrected chi connectivity index (χ0v) is 8.24. The van der Waals surface area contributed by atoms with Crippen LogP contribution in [0.2, 0.25) is 0 Å². The first-order chi connectivity index (χ1) is 6.56. The van der Waals surface area contributed by atoms with E-state index in [0.717, 1.165) is 0 Å². The molecule has 4 nitrogen and oxygen atoms in total. The molecule has 0 saturated carbocycles. The lowest BCUT2D eigenvalue weighted by Gasteiger charge is -2.09. The van der Waals surface area contributed by atoms with E-state index in [0.29, 0.717) is 11.4 Å². The Hall–Kier alpha value is -1.04. The highest BCUT2D eigenvalue weighted by Crippen LogP contribution is 2.17. The smallest absolute Gasteiger partial charge is 0.257 e. The van der Waals surface area contributed by atoms with Crippen molar-refractivity contribution in [2.75, 3.05) is 0 Å². The van der Waals surface area contributed by atoms with E-state index in [1.165, 1.54) is 4.68 Å². The maximum atomic E-state index is 12.2. The van der Waals surface area contributed by atoms with Gasteiger partial charge in [0.2, 0.25) is 0 Å². The normalized spacial score (nSPS) is 11.6. The molecule has 0 radical (unpaired) electrons. The van der Waals surface area contributed by atoms with E-state index in [2.05, 4.69) is 10.3 Å². The molecule has 6 heteroatoms. The van der Waals surface area contributed by atoms with Crippen molar-refractivity contribution in [3.05, 3.63) is 11.4 Å². The predicted octanol–water partition coefficient (Wildman–Crippen LogP) is 1.13. The molecule has 0 aliphatic rings. The van der Waals surface area contributed by atoms with E-state index in [1.54, 1.807) is 0 Å². The van der Waals surface area contributed by atoms with Crippen LogP contribution in [0.25, 0.3) is 0 Å². The van der Waals surface area contributed by atoms with Crippen molar-refractivity contribution >= 4 is 0 Å². The second kappa shape index (κ2) is 4.45. The summed E-state index contributed by atoms with van der Waals surface area (Å²) in [5.74, 6) is 0.0994. The lowest BCUT2D eigenvalue weighted by Crippen LogP contribution is -2.13. The maximum Gasteiger partial charge on any atom is 0.257 e. The van der Waals surface area contributed by atoms with Crippen molar-refractivity contribution in [3.8, 4) is 0 Å². The van der Waals surface area contributed by atoms with Gasteiger partial charge < -0.3 is 5.73 Å². The fourth-order valence-corrected chi connectivity index (χ4v) is 1.40. The summed E-state index contributed by atoms with van der Waals surface area (Å²) in [6.07, 6.45) is -2.42. The van der Waals surface area contributed by atoms with Crippen LogP contribution in [0.1, 0.15) is 31.2 Å². The number of alkyl halides is 2. The minimum Gasteiger partial charge on any atom is -0.325 e. The van der Waals surface area contributed by atoms with Crippen LogP contribution in [0.4, 0.5) is 8.78 Å². The number of rotatable bonds is 4. The van der Waals surface area contributed by atoms with Gasteiger partial charge in [-0.1, -0.05) is 19.1 Å². The summed E-state index contributed by atoms with van der Waals surface area (Å²) in [4.78, 5) is 0. The van der Waals surface area contributed by atoms with E-state index < -0.39 is 13.0 Å². The number of halogens is 2. The first kappa shape index (κ1) is 11.0. The highest BCUT2D eigenvalue weighted by molar-refractivity contribution is 5.13. The quantitative estimate of drug-likeness (QED) is 0.799. The van der Waals surface area contributed by atoms with Gasteiger partial charge in [-0.3, -0.25) is 0 Å². The molecule has 0 spiro atoms. The second-order valence-electron chi connectivity index (χ2n) is 3.35. The first-order valence-electron chi connectivity index (χ1n) is 4.46. The van der Waals surface area contributed by atoms with E-state index in [9.17, 15) is 8.78 Å². The average molecular weight is 204 g/mol. The standard InChI is InChI=1S/C8H14F2N4/c1-5(2)8-6(3-11)12-13-14(8)4-7(9)10/h5,7H,3-4,11H2,1-2H3. The van der Waals surface area contributed by atoms with Crippen LogP contribution in [0.15, 0.2) is 0 Å². The Labute approximate surface area is 81.1 Å². The predicted molar refractivity (Wildman–Crippen MR) is 48.0 cm³/mol. The average Bonchev–Trinajstić information content (AvgIpc) is 2.46. The Kier molecular flexibility index (Phi) is 3.51. The largest absolute Gasteiger partial charge is 0.325 e. The summed E-state index contributed by atoms with van der Waals surface area (Å²) < 4.78 is 25.5. The molecule has 0 atom stereocenters. The molecule has 0 unspecified atom stereocenters. The monoisotopic (exact) mass is 204 g/mol. The number of aromatic nitrogens is 3. The summed E-state index contributed by atoms with van der Waals surface area (Å²) in [5.41, 5.74) is 6.73. The van der Waals surface area contributed by atoms with Crippen LogP contribution < -0.4 is 5.73 Å². The van der Waals surface area contributed by atoms with E-state index in [4.69, 9.17) is 5.73 Å². The first-order valence-corrected chi connectivity index (χ1v) is 4.46. The molecule has 0 amide bonds. The Balaban J connectivity index is 2.98. The number of hydrogen-bond donors (Lipinski definition) is 1. The third kappa shape index (κ3) is 2.25. The van der Waals surface area contributed by atoms with Crippen LogP contribution in [0.5, 0.6) is 0 Å². The van der Waals surface area contributed by atoms with Crippen molar-refractivity contribution in [3.63, 3.8) is 0 Å². The minimum atomic E-state index is -2.42. The number of nitrogens with two attached hydrogens (primary N) is 1. The summed E-state index contributed by atoms with van der Waals surface area (Å²) in [6.45, 7) is 3.62. The van der Waals surface area contributed by atoms with E-state index in [-0.39, 0.29) is 12.5 Å². The molecule has 1 aromatic rings. The third-order valence-corrected chi connectivity index (χ3v) is 1.90. The Morgan fingerprint density at radius 3 is 2.50 bits per heavy atom. The van der Waals surface area contributed by atoms with Gasteiger partial charge in [0.1, 0.15) is 6.54 Å². The summed E-state index contributed by atoms with van der Waals surface area (Å²) >= 11 is 0. The molecule has 80 valence electrons. The fourth-order valence-electron chi connectivity index (χ4n) is 1.40. The second-order valence-corrected chi connectivity index (χ2v) is 3.35. The number of nitrogens with zero attached hydrogens (tertiary/aromatic N) is 3. The highest BCUT2D eigenvalue weighted by atomic mass is 19.3. The van der Waals surface area contributed by atoms with Crippen molar-refractivity contribution < 1.29 is 8.78 Å². The molecular weight excluding hydrogens is 190 g/mol. The summed E-state index contributed by atoms with van der Waals surface area (Å²) in [5, 5.41) is 7.42. The zero-order chi connectivity index (χ0) is 10.7. The lowest BCUT2D eigenvalue weighted by molar-refractivity contribution is 0.119. The van der Waals surface area contributed by atoms with Gasteiger partial charge in [0.25, 0.3) is 6.43 Å². The van der Waals surface area contributed by atoms with Crippen LogP contribution >= 0.6 is 0 Å². The topological polar surface area (TPSA) is 56.7 Å². The minimum absolute atomic E-state index is 0.0994.